The van der Waals surface area contributed by atoms with Crippen LogP contribution in [0.1, 0.15) is 12.0 Å². The molecule has 134 valence electrons. The highest BCUT2D eigenvalue weighted by Crippen LogP contribution is 2.25. The molecule has 0 atom stereocenters. The van der Waals surface area contributed by atoms with Gasteiger partial charge in [-0.1, -0.05) is 30.3 Å². The number of alkyl halides is 2. The van der Waals surface area contributed by atoms with Gasteiger partial charge in [-0.15, -0.1) is 0 Å². The number of ether oxygens (including phenoxy) is 1. The van der Waals surface area contributed by atoms with Crippen molar-refractivity contribution < 1.29 is 18.3 Å². The van der Waals surface area contributed by atoms with E-state index < -0.39 is 6.61 Å². The van der Waals surface area contributed by atoms with Gasteiger partial charge in [-0.05, 0) is 36.2 Å². The van der Waals surface area contributed by atoms with Crippen molar-refractivity contribution in [3.63, 3.8) is 0 Å². The third-order valence-electron chi connectivity index (χ3n) is 3.67. The molecular formula is C19H17F2N3O2. The third-order valence-corrected chi connectivity index (χ3v) is 3.67. The SMILES string of the molecule is O=C(CCc1cnn(-c2ccccc2)c1)Nc1ccccc1OC(F)F. The molecule has 3 rings (SSSR count). The number of amides is 1. The summed E-state index contributed by atoms with van der Waals surface area (Å²) < 4.78 is 30.9. The number of nitrogens with one attached hydrogen (secondary N) is 1. The highest BCUT2D eigenvalue weighted by atomic mass is 19.3. The van der Waals surface area contributed by atoms with Gasteiger partial charge in [0.1, 0.15) is 5.75 Å². The lowest BCUT2D eigenvalue weighted by Gasteiger charge is -2.11. The molecule has 3 aromatic rings. The number of para-hydroxylation sites is 3. The molecule has 0 fully saturated rings. The standard InChI is InChI=1S/C19H17F2N3O2/c20-19(21)26-17-9-5-4-8-16(17)23-18(25)11-10-14-12-22-24(13-14)15-6-2-1-3-7-15/h1-9,12-13,19H,10-11H2,(H,23,25). The molecule has 0 spiro atoms. The highest BCUT2D eigenvalue weighted by Gasteiger charge is 2.12. The number of nitrogens with zero attached hydrogens (tertiary/aromatic N) is 2. The van der Waals surface area contributed by atoms with Gasteiger partial charge < -0.3 is 10.1 Å². The van der Waals surface area contributed by atoms with Crippen molar-refractivity contribution in [1.82, 2.24) is 9.78 Å². The predicted molar refractivity (Wildman–Crippen MR) is 93.6 cm³/mol. The highest BCUT2D eigenvalue weighted by molar-refractivity contribution is 5.92. The van der Waals surface area contributed by atoms with Crippen LogP contribution in [0, 0.1) is 0 Å². The van der Waals surface area contributed by atoms with Gasteiger partial charge in [0.05, 0.1) is 17.6 Å². The average molecular weight is 357 g/mol. The van der Waals surface area contributed by atoms with E-state index in [4.69, 9.17) is 0 Å². The van der Waals surface area contributed by atoms with Crippen molar-refractivity contribution in [2.24, 2.45) is 0 Å². The Morgan fingerprint density at radius 2 is 1.85 bits per heavy atom. The summed E-state index contributed by atoms with van der Waals surface area (Å²) >= 11 is 0. The van der Waals surface area contributed by atoms with Crippen LogP contribution in [0.2, 0.25) is 0 Å². The summed E-state index contributed by atoms with van der Waals surface area (Å²) in [5.74, 6) is -0.351. The first-order valence-corrected chi connectivity index (χ1v) is 8.04. The van der Waals surface area contributed by atoms with Gasteiger partial charge >= 0.3 is 6.61 Å². The van der Waals surface area contributed by atoms with Crippen LogP contribution in [-0.4, -0.2) is 22.3 Å². The Hall–Kier alpha value is -3.22. The van der Waals surface area contributed by atoms with Crippen molar-refractivity contribution in [3.05, 3.63) is 72.6 Å². The van der Waals surface area contributed by atoms with Gasteiger partial charge in [-0.2, -0.15) is 13.9 Å². The van der Waals surface area contributed by atoms with Crippen molar-refractivity contribution in [1.29, 1.82) is 0 Å². The fraction of sp³-hybridized carbons (Fsp3) is 0.158. The van der Waals surface area contributed by atoms with E-state index in [0.717, 1.165) is 11.3 Å². The van der Waals surface area contributed by atoms with Crippen LogP contribution in [0.25, 0.3) is 5.69 Å². The molecule has 0 saturated heterocycles. The Balaban J connectivity index is 1.58. The molecule has 2 aromatic carbocycles. The molecule has 0 aliphatic carbocycles. The average Bonchev–Trinajstić information content (AvgIpc) is 3.11. The van der Waals surface area contributed by atoms with E-state index in [1.165, 1.54) is 12.1 Å². The molecule has 0 aliphatic rings. The van der Waals surface area contributed by atoms with E-state index in [9.17, 15) is 13.6 Å². The van der Waals surface area contributed by atoms with Crippen molar-refractivity contribution >= 4 is 11.6 Å². The molecule has 0 aliphatic heterocycles. The number of aryl methyl sites for hydroxylation is 1. The van der Waals surface area contributed by atoms with E-state index in [0.29, 0.717) is 6.42 Å². The van der Waals surface area contributed by atoms with Crippen molar-refractivity contribution in [2.45, 2.75) is 19.5 Å². The Morgan fingerprint density at radius 1 is 1.12 bits per heavy atom. The smallest absolute Gasteiger partial charge is 0.387 e. The van der Waals surface area contributed by atoms with Gasteiger partial charge in [0.15, 0.2) is 0 Å². The van der Waals surface area contributed by atoms with E-state index >= 15 is 0 Å². The second kappa shape index (κ2) is 8.24. The zero-order valence-corrected chi connectivity index (χ0v) is 13.8. The molecule has 5 nitrogen and oxygen atoms in total. The Bertz CT molecular complexity index is 866. The fourth-order valence-electron chi connectivity index (χ4n) is 2.45. The number of carbonyl (C=O) groups is 1. The molecule has 1 heterocycles. The van der Waals surface area contributed by atoms with Crippen LogP contribution >= 0.6 is 0 Å². The van der Waals surface area contributed by atoms with Crippen molar-refractivity contribution in [3.8, 4) is 11.4 Å². The van der Waals surface area contributed by atoms with E-state index in [-0.39, 0.29) is 23.8 Å². The largest absolute Gasteiger partial charge is 0.433 e. The minimum absolute atomic E-state index is 0.0623. The van der Waals surface area contributed by atoms with E-state index in [1.54, 1.807) is 23.0 Å². The summed E-state index contributed by atoms with van der Waals surface area (Å²) in [6.07, 6.45) is 4.24. The molecule has 0 saturated carbocycles. The van der Waals surface area contributed by atoms with Crippen LogP contribution in [0.5, 0.6) is 5.75 Å². The monoisotopic (exact) mass is 357 g/mol. The molecular weight excluding hydrogens is 340 g/mol. The number of halogens is 2. The molecule has 26 heavy (non-hydrogen) atoms. The summed E-state index contributed by atoms with van der Waals surface area (Å²) in [4.78, 5) is 12.1. The van der Waals surface area contributed by atoms with Crippen molar-refractivity contribution in [2.75, 3.05) is 5.32 Å². The summed E-state index contributed by atoms with van der Waals surface area (Å²) in [5.41, 5.74) is 2.06. The van der Waals surface area contributed by atoms with Crippen LogP contribution in [0.4, 0.5) is 14.5 Å². The number of rotatable bonds is 7. The summed E-state index contributed by atoms with van der Waals surface area (Å²) in [6, 6.07) is 15.7. The molecule has 0 unspecified atom stereocenters. The maximum atomic E-state index is 12.4. The van der Waals surface area contributed by atoms with Gasteiger partial charge in [0.25, 0.3) is 0 Å². The first kappa shape index (κ1) is 17.6. The Kier molecular flexibility index (Phi) is 5.58. The summed E-state index contributed by atoms with van der Waals surface area (Å²) in [7, 11) is 0. The first-order valence-electron chi connectivity index (χ1n) is 8.04. The minimum Gasteiger partial charge on any atom is -0.433 e. The molecule has 1 amide bonds. The lowest BCUT2D eigenvalue weighted by Crippen LogP contribution is -2.14. The quantitative estimate of drug-likeness (QED) is 0.694. The maximum Gasteiger partial charge on any atom is 0.387 e. The molecule has 1 N–H and O–H groups in total. The number of carbonyl (C=O) groups excluding carboxylic acids is 1. The number of hydrogen-bond acceptors (Lipinski definition) is 3. The van der Waals surface area contributed by atoms with E-state index in [1.807, 2.05) is 36.5 Å². The number of hydrogen-bond donors (Lipinski definition) is 1. The Morgan fingerprint density at radius 3 is 2.62 bits per heavy atom. The summed E-state index contributed by atoms with van der Waals surface area (Å²) in [6.45, 7) is -2.95. The van der Waals surface area contributed by atoms with Crippen LogP contribution in [0.3, 0.4) is 0 Å². The maximum absolute atomic E-state index is 12.4. The van der Waals surface area contributed by atoms with Gasteiger partial charge in [-0.25, -0.2) is 4.68 Å². The zero-order valence-electron chi connectivity index (χ0n) is 13.8. The molecule has 0 radical (unpaired) electrons. The van der Waals surface area contributed by atoms with Gasteiger partial charge in [-0.3, -0.25) is 4.79 Å². The second-order valence-electron chi connectivity index (χ2n) is 5.55. The second-order valence-corrected chi connectivity index (χ2v) is 5.55. The van der Waals surface area contributed by atoms with Gasteiger partial charge in [0, 0.05) is 12.6 Å². The Labute approximate surface area is 149 Å². The van der Waals surface area contributed by atoms with Crippen LogP contribution < -0.4 is 10.1 Å². The lowest BCUT2D eigenvalue weighted by molar-refractivity contribution is -0.116. The number of anilines is 1. The van der Waals surface area contributed by atoms with E-state index in [2.05, 4.69) is 15.2 Å². The zero-order chi connectivity index (χ0) is 18.4. The minimum atomic E-state index is -2.95. The third kappa shape index (κ3) is 4.66. The van der Waals surface area contributed by atoms with Gasteiger partial charge in [0.2, 0.25) is 5.91 Å². The van der Waals surface area contributed by atoms with Crippen LogP contribution in [-0.2, 0) is 11.2 Å². The summed E-state index contributed by atoms with van der Waals surface area (Å²) in [5, 5.41) is 6.88. The molecule has 7 heteroatoms. The van der Waals surface area contributed by atoms with Crippen LogP contribution in [0.15, 0.2) is 67.0 Å². The topological polar surface area (TPSA) is 56.2 Å². The number of benzene rings is 2. The molecule has 0 bridgehead atoms. The molecule has 1 aromatic heterocycles. The normalized spacial score (nSPS) is 10.7. The predicted octanol–water partition coefficient (Wildman–Crippen LogP) is 4.05. The lowest BCUT2D eigenvalue weighted by atomic mass is 10.2. The first-order chi connectivity index (χ1) is 12.6. The fourth-order valence-corrected chi connectivity index (χ4v) is 2.45. The number of aromatic nitrogens is 2.